The molecule has 0 aromatic heterocycles. The summed E-state index contributed by atoms with van der Waals surface area (Å²) in [7, 11) is 0. The molecule has 0 spiro atoms. The topological polar surface area (TPSA) is 57.6 Å². The van der Waals surface area contributed by atoms with Crippen LogP contribution in [0.5, 0.6) is 0 Å². The van der Waals surface area contributed by atoms with Crippen LogP contribution in [0.4, 0.5) is 0 Å². The molecule has 92 valence electrons. The third-order valence-corrected chi connectivity index (χ3v) is 3.95. The molecule has 1 fully saturated rings. The second kappa shape index (κ2) is 5.57. The first-order valence-electron chi connectivity index (χ1n) is 5.63. The number of hydrogen-bond acceptors (Lipinski definition) is 3. The predicted molar refractivity (Wildman–Crippen MR) is 64.3 cm³/mol. The van der Waals surface area contributed by atoms with Crippen LogP contribution in [0.1, 0.15) is 33.6 Å². The number of hydrogen-bond donors (Lipinski definition) is 1. The second-order valence-electron chi connectivity index (χ2n) is 4.43. The summed E-state index contributed by atoms with van der Waals surface area (Å²) in [6, 6.07) is -0.638. The number of rotatable bonds is 4. The van der Waals surface area contributed by atoms with Crippen molar-refractivity contribution in [2.24, 2.45) is 5.92 Å². The average molecular weight is 245 g/mol. The molecule has 0 aliphatic carbocycles. The summed E-state index contributed by atoms with van der Waals surface area (Å²) in [5, 5.41) is 9.11. The molecule has 1 amide bonds. The van der Waals surface area contributed by atoms with Gasteiger partial charge in [0.15, 0.2) is 0 Å². The molecule has 1 rings (SSSR count). The van der Waals surface area contributed by atoms with Gasteiger partial charge < -0.3 is 10.0 Å². The Labute approximate surface area is 100 Å². The van der Waals surface area contributed by atoms with E-state index in [-0.39, 0.29) is 11.3 Å². The molecular formula is C11H19NO3S. The molecular weight excluding hydrogens is 226 g/mol. The first-order valence-corrected chi connectivity index (χ1v) is 6.67. The first kappa shape index (κ1) is 13.4. The molecule has 1 aliphatic rings. The fourth-order valence-electron chi connectivity index (χ4n) is 1.86. The normalized spacial score (nSPS) is 25.1. The Balaban J connectivity index is 2.79. The monoisotopic (exact) mass is 245 g/mol. The number of aliphatic carboxylic acids is 1. The molecule has 0 radical (unpaired) electrons. The minimum atomic E-state index is -0.888. The largest absolute Gasteiger partial charge is 0.480 e. The lowest BCUT2D eigenvalue weighted by Gasteiger charge is -2.28. The van der Waals surface area contributed by atoms with Gasteiger partial charge in [-0.15, -0.1) is 11.8 Å². The van der Waals surface area contributed by atoms with Gasteiger partial charge in [0, 0.05) is 12.2 Å². The fourth-order valence-corrected chi connectivity index (χ4v) is 3.51. The summed E-state index contributed by atoms with van der Waals surface area (Å²) in [6.45, 7) is 5.95. The van der Waals surface area contributed by atoms with E-state index in [1.807, 2.05) is 0 Å². The standard InChI is InChI=1S/C11H19NO3S/c1-4-9(13)12-8(11(14)15)6-16-10(12)5-7(2)3/h7-8,10H,4-6H2,1-3H3,(H,14,15)/t8-,10+/m0/s1. The number of amides is 1. The number of carbonyl (C=O) groups is 2. The van der Waals surface area contributed by atoms with Crippen LogP contribution in [-0.2, 0) is 9.59 Å². The van der Waals surface area contributed by atoms with Crippen molar-refractivity contribution in [3.8, 4) is 0 Å². The van der Waals surface area contributed by atoms with Gasteiger partial charge in [0.1, 0.15) is 6.04 Å². The summed E-state index contributed by atoms with van der Waals surface area (Å²) >= 11 is 1.58. The van der Waals surface area contributed by atoms with Gasteiger partial charge in [-0.25, -0.2) is 4.79 Å². The molecule has 0 bridgehead atoms. The van der Waals surface area contributed by atoms with Crippen molar-refractivity contribution in [1.82, 2.24) is 4.90 Å². The number of nitrogens with zero attached hydrogens (tertiary/aromatic N) is 1. The molecule has 16 heavy (non-hydrogen) atoms. The van der Waals surface area contributed by atoms with Gasteiger partial charge in [0.05, 0.1) is 5.37 Å². The number of carbonyl (C=O) groups excluding carboxylic acids is 1. The zero-order chi connectivity index (χ0) is 12.3. The Morgan fingerprint density at radius 3 is 2.56 bits per heavy atom. The average Bonchev–Trinajstić information content (AvgIpc) is 2.59. The summed E-state index contributed by atoms with van der Waals surface area (Å²) < 4.78 is 0. The van der Waals surface area contributed by atoms with E-state index in [0.29, 0.717) is 18.1 Å². The van der Waals surface area contributed by atoms with E-state index in [9.17, 15) is 9.59 Å². The van der Waals surface area contributed by atoms with Crippen molar-refractivity contribution in [3.63, 3.8) is 0 Å². The predicted octanol–water partition coefficient (Wildman–Crippen LogP) is 1.80. The Morgan fingerprint density at radius 1 is 1.50 bits per heavy atom. The molecule has 1 aliphatic heterocycles. The van der Waals surface area contributed by atoms with Crippen molar-refractivity contribution in [2.75, 3.05) is 5.75 Å². The van der Waals surface area contributed by atoms with E-state index < -0.39 is 12.0 Å². The van der Waals surface area contributed by atoms with Crippen LogP contribution < -0.4 is 0 Å². The second-order valence-corrected chi connectivity index (χ2v) is 5.64. The fraction of sp³-hybridized carbons (Fsp3) is 0.818. The van der Waals surface area contributed by atoms with Crippen LogP contribution in [0.2, 0.25) is 0 Å². The Bertz CT molecular complexity index is 280. The third kappa shape index (κ3) is 2.90. The Morgan fingerprint density at radius 2 is 2.12 bits per heavy atom. The van der Waals surface area contributed by atoms with Gasteiger partial charge in [-0.1, -0.05) is 20.8 Å². The van der Waals surface area contributed by atoms with E-state index in [4.69, 9.17) is 5.11 Å². The van der Waals surface area contributed by atoms with Crippen molar-refractivity contribution in [1.29, 1.82) is 0 Å². The molecule has 0 unspecified atom stereocenters. The van der Waals surface area contributed by atoms with E-state index in [0.717, 1.165) is 6.42 Å². The maximum Gasteiger partial charge on any atom is 0.327 e. The maximum atomic E-state index is 11.8. The SMILES string of the molecule is CCC(=O)N1[C@@H](CC(C)C)SC[C@H]1C(=O)O. The van der Waals surface area contributed by atoms with Crippen LogP contribution in [0.15, 0.2) is 0 Å². The summed E-state index contributed by atoms with van der Waals surface area (Å²) in [6.07, 6.45) is 1.24. The zero-order valence-corrected chi connectivity index (χ0v) is 10.8. The Hall–Kier alpha value is -0.710. The molecule has 0 saturated carbocycles. The highest BCUT2D eigenvalue weighted by molar-refractivity contribution is 8.00. The van der Waals surface area contributed by atoms with Crippen LogP contribution in [-0.4, -0.2) is 39.1 Å². The highest BCUT2D eigenvalue weighted by Crippen LogP contribution is 2.33. The van der Waals surface area contributed by atoms with Crippen LogP contribution in [0.25, 0.3) is 0 Å². The molecule has 1 heterocycles. The van der Waals surface area contributed by atoms with Crippen LogP contribution >= 0.6 is 11.8 Å². The van der Waals surface area contributed by atoms with Crippen molar-refractivity contribution < 1.29 is 14.7 Å². The van der Waals surface area contributed by atoms with Crippen LogP contribution in [0, 0.1) is 5.92 Å². The number of thioether (sulfide) groups is 1. The quantitative estimate of drug-likeness (QED) is 0.820. The lowest BCUT2D eigenvalue weighted by molar-refractivity contribution is -0.149. The third-order valence-electron chi connectivity index (χ3n) is 2.64. The highest BCUT2D eigenvalue weighted by atomic mass is 32.2. The molecule has 4 nitrogen and oxygen atoms in total. The molecule has 1 N–H and O–H groups in total. The van der Waals surface area contributed by atoms with Gasteiger partial charge in [-0.2, -0.15) is 0 Å². The lowest BCUT2D eigenvalue weighted by Crippen LogP contribution is -2.45. The minimum absolute atomic E-state index is 0.0357. The van der Waals surface area contributed by atoms with Gasteiger partial charge in [-0.05, 0) is 12.3 Å². The van der Waals surface area contributed by atoms with E-state index >= 15 is 0 Å². The summed E-state index contributed by atoms with van der Waals surface area (Å²) in [5.41, 5.74) is 0. The van der Waals surface area contributed by atoms with Crippen molar-refractivity contribution in [2.45, 2.75) is 45.0 Å². The van der Waals surface area contributed by atoms with E-state index in [1.54, 1.807) is 23.6 Å². The molecule has 5 heteroatoms. The molecule has 0 aromatic carbocycles. The van der Waals surface area contributed by atoms with E-state index in [2.05, 4.69) is 13.8 Å². The maximum absolute atomic E-state index is 11.8. The molecule has 2 atom stereocenters. The smallest absolute Gasteiger partial charge is 0.327 e. The van der Waals surface area contributed by atoms with Crippen molar-refractivity contribution >= 4 is 23.6 Å². The number of carboxylic acid groups (broad SMARTS) is 1. The van der Waals surface area contributed by atoms with Crippen molar-refractivity contribution in [3.05, 3.63) is 0 Å². The van der Waals surface area contributed by atoms with Gasteiger partial charge in [-0.3, -0.25) is 4.79 Å². The lowest BCUT2D eigenvalue weighted by atomic mass is 10.1. The first-order chi connectivity index (χ1) is 7.47. The minimum Gasteiger partial charge on any atom is -0.480 e. The molecule has 1 saturated heterocycles. The highest BCUT2D eigenvalue weighted by Gasteiger charge is 2.40. The van der Waals surface area contributed by atoms with Gasteiger partial charge in [0.2, 0.25) is 5.91 Å². The molecule has 0 aromatic rings. The Kier molecular flexibility index (Phi) is 4.65. The van der Waals surface area contributed by atoms with Crippen LogP contribution in [0.3, 0.4) is 0 Å². The summed E-state index contributed by atoms with van der Waals surface area (Å²) in [5.74, 6) is 0.0409. The van der Waals surface area contributed by atoms with Gasteiger partial charge >= 0.3 is 5.97 Å². The van der Waals surface area contributed by atoms with Gasteiger partial charge in [0.25, 0.3) is 0 Å². The van der Waals surface area contributed by atoms with E-state index in [1.165, 1.54) is 0 Å². The zero-order valence-electron chi connectivity index (χ0n) is 9.97. The number of carboxylic acids is 1. The summed E-state index contributed by atoms with van der Waals surface area (Å²) in [4.78, 5) is 24.4.